The number of carbonyl (C=O) groups is 2. The summed E-state index contributed by atoms with van der Waals surface area (Å²) in [5.41, 5.74) is 0.911. The Labute approximate surface area is 117 Å². The van der Waals surface area contributed by atoms with E-state index in [0.29, 0.717) is 11.1 Å². The Morgan fingerprint density at radius 3 is 2.65 bits per heavy atom. The number of hydrogen-bond donors (Lipinski definition) is 2. The number of sulfone groups is 1. The van der Waals surface area contributed by atoms with Crippen LogP contribution in [0.25, 0.3) is 6.08 Å². The van der Waals surface area contributed by atoms with E-state index < -0.39 is 21.7 Å². The standard InChI is InChI=1S/C13H15NO5S/c1-20(18,19)8-7-14-13(17)11-4-2-3-10(9-11)5-6-12(15)16/h2-6,9H,7-8H2,1H3,(H,14,17)(H,15,16). The number of nitrogens with one attached hydrogen (secondary N) is 1. The Balaban J connectivity index is 2.69. The summed E-state index contributed by atoms with van der Waals surface area (Å²) in [5.74, 6) is -1.61. The Bertz CT molecular complexity index is 634. The quantitative estimate of drug-likeness (QED) is 0.747. The molecule has 20 heavy (non-hydrogen) atoms. The maximum atomic E-state index is 11.8. The topological polar surface area (TPSA) is 101 Å². The zero-order valence-corrected chi connectivity index (χ0v) is 11.7. The smallest absolute Gasteiger partial charge is 0.328 e. The zero-order chi connectivity index (χ0) is 15.2. The molecule has 1 amide bonds. The van der Waals surface area contributed by atoms with E-state index in [-0.39, 0.29) is 12.3 Å². The number of aliphatic carboxylic acids is 1. The van der Waals surface area contributed by atoms with Crippen LogP contribution in [0.3, 0.4) is 0 Å². The van der Waals surface area contributed by atoms with E-state index in [1.165, 1.54) is 12.1 Å². The van der Waals surface area contributed by atoms with Crippen LogP contribution >= 0.6 is 0 Å². The van der Waals surface area contributed by atoms with Gasteiger partial charge in [0.15, 0.2) is 0 Å². The minimum Gasteiger partial charge on any atom is -0.478 e. The summed E-state index contributed by atoms with van der Waals surface area (Å²) in [4.78, 5) is 22.2. The molecule has 0 saturated heterocycles. The first-order valence-corrected chi connectivity index (χ1v) is 7.81. The Morgan fingerprint density at radius 1 is 1.35 bits per heavy atom. The molecule has 0 aliphatic rings. The molecule has 0 aromatic heterocycles. The molecular formula is C13H15NO5S. The van der Waals surface area contributed by atoms with Crippen LogP contribution < -0.4 is 5.32 Å². The lowest BCUT2D eigenvalue weighted by Crippen LogP contribution is -2.28. The van der Waals surface area contributed by atoms with Crippen LogP contribution in [0.5, 0.6) is 0 Å². The number of hydrogen-bond acceptors (Lipinski definition) is 4. The maximum Gasteiger partial charge on any atom is 0.328 e. The highest BCUT2D eigenvalue weighted by atomic mass is 32.2. The average Bonchev–Trinajstić information content (AvgIpc) is 2.35. The number of carbonyl (C=O) groups excluding carboxylic acids is 1. The summed E-state index contributed by atoms with van der Waals surface area (Å²) in [6.45, 7) is 0.0346. The van der Waals surface area contributed by atoms with Crippen LogP contribution in [0.4, 0.5) is 0 Å². The van der Waals surface area contributed by atoms with Gasteiger partial charge in [-0.15, -0.1) is 0 Å². The first-order chi connectivity index (χ1) is 9.28. The van der Waals surface area contributed by atoms with Gasteiger partial charge in [0.25, 0.3) is 5.91 Å². The second-order valence-corrected chi connectivity index (χ2v) is 6.44. The molecule has 0 spiro atoms. The van der Waals surface area contributed by atoms with E-state index in [2.05, 4.69) is 5.32 Å². The number of carboxylic acids is 1. The second kappa shape index (κ2) is 6.85. The van der Waals surface area contributed by atoms with Crippen molar-refractivity contribution in [3.05, 3.63) is 41.5 Å². The molecule has 0 saturated carbocycles. The minimum absolute atomic E-state index is 0.0346. The molecule has 1 aromatic carbocycles. The van der Waals surface area contributed by atoms with Crippen LogP contribution in [0.2, 0.25) is 0 Å². The summed E-state index contributed by atoms with van der Waals surface area (Å²) in [7, 11) is -3.12. The predicted molar refractivity (Wildman–Crippen MR) is 75.2 cm³/mol. The lowest BCUT2D eigenvalue weighted by atomic mass is 10.1. The Kier molecular flexibility index (Phi) is 5.45. The molecule has 0 heterocycles. The fourth-order valence-electron chi connectivity index (χ4n) is 1.40. The third-order valence-corrected chi connectivity index (χ3v) is 3.27. The normalized spacial score (nSPS) is 11.4. The van der Waals surface area contributed by atoms with Crippen molar-refractivity contribution in [3.8, 4) is 0 Å². The lowest BCUT2D eigenvalue weighted by Gasteiger charge is -2.05. The Morgan fingerprint density at radius 2 is 2.05 bits per heavy atom. The van der Waals surface area contributed by atoms with E-state index in [0.717, 1.165) is 12.3 Å². The number of amides is 1. The molecule has 0 aliphatic carbocycles. The molecule has 0 radical (unpaired) electrons. The van der Waals surface area contributed by atoms with Gasteiger partial charge in [-0.1, -0.05) is 12.1 Å². The summed E-state index contributed by atoms with van der Waals surface area (Å²) < 4.78 is 21.9. The van der Waals surface area contributed by atoms with Crippen LogP contribution in [-0.2, 0) is 14.6 Å². The van der Waals surface area contributed by atoms with Gasteiger partial charge in [0.05, 0.1) is 5.75 Å². The summed E-state index contributed by atoms with van der Waals surface area (Å²) in [6, 6.07) is 6.36. The monoisotopic (exact) mass is 297 g/mol. The van der Waals surface area contributed by atoms with Gasteiger partial charge in [0.2, 0.25) is 0 Å². The van der Waals surface area contributed by atoms with E-state index in [1.54, 1.807) is 18.2 Å². The predicted octanol–water partition coefficient (Wildman–Crippen LogP) is 0.559. The van der Waals surface area contributed by atoms with Crippen molar-refractivity contribution in [2.45, 2.75) is 0 Å². The number of rotatable bonds is 6. The molecule has 0 bridgehead atoms. The number of benzene rings is 1. The highest BCUT2D eigenvalue weighted by molar-refractivity contribution is 7.90. The molecule has 2 N–H and O–H groups in total. The Hall–Kier alpha value is -2.15. The molecule has 1 rings (SSSR count). The number of carboxylic acid groups (broad SMARTS) is 1. The fourth-order valence-corrected chi connectivity index (χ4v) is 1.88. The molecule has 108 valence electrons. The van der Waals surface area contributed by atoms with Crippen molar-refractivity contribution < 1.29 is 23.1 Å². The van der Waals surface area contributed by atoms with E-state index in [9.17, 15) is 18.0 Å². The van der Waals surface area contributed by atoms with Gasteiger partial charge in [-0.2, -0.15) is 0 Å². The van der Waals surface area contributed by atoms with Crippen LogP contribution in [0.1, 0.15) is 15.9 Å². The highest BCUT2D eigenvalue weighted by Crippen LogP contribution is 2.07. The van der Waals surface area contributed by atoms with Gasteiger partial charge in [-0.25, -0.2) is 13.2 Å². The molecule has 0 aliphatic heterocycles. The van der Waals surface area contributed by atoms with Crippen molar-refractivity contribution in [2.24, 2.45) is 0 Å². The van der Waals surface area contributed by atoms with Crippen molar-refractivity contribution >= 4 is 27.8 Å². The van der Waals surface area contributed by atoms with Crippen LogP contribution in [-0.4, -0.2) is 44.0 Å². The van der Waals surface area contributed by atoms with Crippen molar-refractivity contribution in [3.63, 3.8) is 0 Å². The van der Waals surface area contributed by atoms with Gasteiger partial charge in [0.1, 0.15) is 9.84 Å². The summed E-state index contributed by atoms with van der Waals surface area (Å²) in [5, 5.41) is 11.0. The largest absolute Gasteiger partial charge is 0.478 e. The third-order valence-electron chi connectivity index (χ3n) is 2.33. The minimum atomic E-state index is -3.12. The van der Waals surface area contributed by atoms with Crippen LogP contribution in [0.15, 0.2) is 30.3 Å². The first-order valence-electron chi connectivity index (χ1n) is 5.75. The average molecular weight is 297 g/mol. The molecule has 0 unspecified atom stereocenters. The van der Waals surface area contributed by atoms with E-state index in [4.69, 9.17) is 5.11 Å². The maximum absolute atomic E-state index is 11.8. The molecule has 7 heteroatoms. The van der Waals surface area contributed by atoms with Gasteiger partial charge in [-0.05, 0) is 23.8 Å². The third kappa shape index (κ3) is 6.14. The van der Waals surface area contributed by atoms with Gasteiger partial charge < -0.3 is 10.4 Å². The molecule has 0 atom stereocenters. The zero-order valence-electron chi connectivity index (χ0n) is 10.9. The molecular weight excluding hydrogens is 282 g/mol. The fraction of sp³-hybridized carbons (Fsp3) is 0.231. The summed E-state index contributed by atoms with van der Waals surface area (Å²) in [6.07, 6.45) is 3.44. The van der Waals surface area contributed by atoms with Crippen LogP contribution in [0, 0.1) is 0 Å². The van der Waals surface area contributed by atoms with Gasteiger partial charge >= 0.3 is 5.97 Å². The SMILES string of the molecule is CS(=O)(=O)CCNC(=O)c1cccc(C=CC(=O)O)c1. The van der Waals surface area contributed by atoms with E-state index in [1.807, 2.05) is 0 Å². The highest BCUT2D eigenvalue weighted by Gasteiger charge is 2.07. The van der Waals surface area contributed by atoms with Gasteiger partial charge in [-0.3, -0.25) is 4.79 Å². The van der Waals surface area contributed by atoms with E-state index >= 15 is 0 Å². The first kappa shape index (κ1) is 15.9. The van der Waals surface area contributed by atoms with Crippen molar-refractivity contribution in [2.75, 3.05) is 18.6 Å². The van der Waals surface area contributed by atoms with Crippen molar-refractivity contribution in [1.82, 2.24) is 5.32 Å². The van der Waals surface area contributed by atoms with Crippen molar-refractivity contribution in [1.29, 1.82) is 0 Å². The second-order valence-electron chi connectivity index (χ2n) is 4.18. The summed E-state index contributed by atoms with van der Waals surface area (Å²) >= 11 is 0. The lowest BCUT2D eigenvalue weighted by molar-refractivity contribution is -0.131. The molecule has 1 aromatic rings. The molecule has 6 nitrogen and oxygen atoms in total. The molecule has 0 fully saturated rings. The van der Waals surface area contributed by atoms with Gasteiger partial charge in [0, 0.05) is 24.4 Å².